The Bertz CT molecular complexity index is 1400. The first kappa shape index (κ1) is 22.1. The maximum atomic E-state index is 13.7. The molecule has 0 aliphatic carbocycles. The highest BCUT2D eigenvalue weighted by molar-refractivity contribution is 9.10. The molecule has 0 unspecified atom stereocenters. The van der Waals surface area contributed by atoms with Crippen LogP contribution >= 0.6 is 27.5 Å². The van der Waals surface area contributed by atoms with Gasteiger partial charge in [-0.25, -0.2) is 4.79 Å². The number of carbonyl (C=O) groups excluding carboxylic acids is 1. The lowest BCUT2D eigenvalue weighted by Crippen LogP contribution is -2.16. The van der Waals surface area contributed by atoms with E-state index in [1.165, 1.54) is 42.5 Å². The molecule has 162 valence electrons. The number of esters is 1. The zero-order valence-corrected chi connectivity index (χ0v) is 18.2. The van der Waals surface area contributed by atoms with Crippen LogP contribution < -0.4 is 10.2 Å². The van der Waals surface area contributed by atoms with Gasteiger partial charge in [-0.3, -0.25) is 4.79 Å². The van der Waals surface area contributed by atoms with E-state index in [1.807, 2.05) is 0 Å². The molecule has 4 nitrogen and oxygen atoms in total. The number of benzene rings is 3. The summed E-state index contributed by atoms with van der Waals surface area (Å²) >= 11 is 9.04. The van der Waals surface area contributed by atoms with E-state index in [4.69, 9.17) is 20.8 Å². The van der Waals surface area contributed by atoms with Crippen molar-refractivity contribution in [3.63, 3.8) is 0 Å². The lowest BCUT2D eigenvalue weighted by Gasteiger charge is -2.13. The fourth-order valence-electron chi connectivity index (χ4n) is 3.10. The maximum absolute atomic E-state index is 13.7. The summed E-state index contributed by atoms with van der Waals surface area (Å²) in [5.74, 6) is -2.26. The highest BCUT2D eigenvalue weighted by atomic mass is 79.9. The van der Waals surface area contributed by atoms with E-state index in [1.54, 1.807) is 18.2 Å². The van der Waals surface area contributed by atoms with Crippen molar-refractivity contribution in [1.82, 2.24) is 0 Å². The number of carbonyl (C=O) groups is 1. The number of hydrogen-bond donors (Lipinski definition) is 0. The average Bonchev–Trinajstić information content (AvgIpc) is 2.74. The summed E-state index contributed by atoms with van der Waals surface area (Å²) in [5, 5.41) is 0.215. The summed E-state index contributed by atoms with van der Waals surface area (Å²) in [6.45, 7) is 0. The Morgan fingerprint density at radius 3 is 2.34 bits per heavy atom. The Labute approximate surface area is 192 Å². The molecule has 0 spiro atoms. The molecule has 0 saturated carbocycles. The molecule has 1 heterocycles. The van der Waals surface area contributed by atoms with Gasteiger partial charge in [-0.2, -0.15) is 13.2 Å². The maximum Gasteiger partial charge on any atom is 0.450 e. The Balaban J connectivity index is 1.83. The van der Waals surface area contributed by atoms with Crippen molar-refractivity contribution in [1.29, 1.82) is 0 Å². The molecule has 0 saturated heterocycles. The average molecular weight is 524 g/mol. The van der Waals surface area contributed by atoms with E-state index < -0.39 is 28.9 Å². The van der Waals surface area contributed by atoms with Crippen molar-refractivity contribution in [2.45, 2.75) is 6.18 Å². The molecule has 0 aliphatic heterocycles. The Hall–Kier alpha value is -3.10. The summed E-state index contributed by atoms with van der Waals surface area (Å²) in [6, 6.07) is 15.5. The third-order valence-electron chi connectivity index (χ3n) is 4.56. The van der Waals surface area contributed by atoms with Gasteiger partial charge in [-0.1, -0.05) is 35.9 Å². The van der Waals surface area contributed by atoms with Crippen LogP contribution in [-0.4, -0.2) is 5.97 Å². The van der Waals surface area contributed by atoms with Gasteiger partial charge in [0.05, 0.1) is 16.5 Å². The monoisotopic (exact) mass is 522 g/mol. The van der Waals surface area contributed by atoms with Crippen LogP contribution in [0, 0.1) is 0 Å². The molecule has 32 heavy (non-hydrogen) atoms. The normalized spacial score (nSPS) is 11.5. The summed E-state index contributed by atoms with van der Waals surface area (Å²) in [6.07, 6.45) is -4.94. The third kappa shape index (κ3) is 4.28. The Morgan fingerprint density at radius 2 is 1.69 bits per heavy atom. The van der Waals surface area contributed by atoms with Crippen LogP contribution in [0.25, 0.3) is 22.1 Å². The van der Waals surface area contributed by atoms with E-state index in [9.17, 15) is 22.8 Å². The van der Waals surface area contributed by atoms with Gasteiger partial charge in [-0.05, 0) is 57.9 Å². The zero-order valence-electron chi connectivity index (χ0n) is 15.9. The van der Waals surface area contributed by atoms with Gasteiger partial charge in [0.25, 0.3) is 0 Å². The summed E-state index contributed by atoms with van der Waals surface area (Å²) in [7, 11) is 0. The summed E-state index contributed by atoms with van der Waals surface area (Å²) in [5.41, 5.74) is -1.62. The van der Waals surface area contributed by atoms with Gasteiger partial charge in [0.2, 0.25) is 11.2 Å². The molecule has 4 aromatic rings. The van der Waals surface area contributed by atoms with Gasteiger partial charge >= 0.3 is 12.1 Å². The SMILES string of the molecule is O=C(Oc1ccc2c(=O)c(-c3ccc(Cl)cc3)c(C(F)(F)F)oc2c1)c1ccccc1Br. The molecule has 9 heteroatoms. The molecule has 1 aromatic heterocycles. The topological polar surface area (TPSA) is 56.5 Å². The number of ether oxygens (including phenoxy) is 1. The highest BCUT2D eigenvalue weighted by Crippen LogP contribution is 2.38. The van der Waals surface area contributed by atoms with E-state index in [2.05, 4.69) is 15.9 Å². The highest BCUT2D eigenvalue weighted by Gasteiger charge is 2.39. The van der Waals surface area contributed by atoms with Gasteiger partial charge < -0.3 is 9.15 Å². The van der Waals surface area contributed by atoms with Crippen LogP contribution in [0.1, 0.15) is 16.1 Å². The second kappa shape index (κ2) is 8.44. The number of hydrogen-bond acceptors (Lipinski definition) is 4. The molecule has 0 bridgehead atoms. The molecule has 0 amide bonds. The second-order valence-corrected chi connectivity index (χ2v) is 7.96. The number of rotatable bonds is 3. The Kier molecular flexibility index (Phi) is 5.83. The summed E-state index contributed by atoms with van der Waals surface area (Å²) in [4.78, 5) is 25.4. The van der Waals surface area contributed by atoms with E-state index >= 15 is 0 Å². The lowest BCUT2D eigenvalue weighted by molar-refractivity contribution is -0.152. The second-order valence-electron chi connectivity index (χ2n) is 6.67. The van der Waals surface area contributed by atoms with Gasteiger partial charge in [-0.15, -0.1) is 0 Å². The molecule has 0 N–H and O–H groups in total. The van der Waals surface area contributed by atoms with Gasteiger partial charge in [0, 0.05) is 15.6 Å². The van der Waals surface area contributed by atoms with Crippen molar-refractivity contribution in [3.8, 4) is 16.9 Å². The molecule has 0 atom stereocenters. The molecule has 3 aromatic carbocycles. The smallest absolute Gasteiger partial charge is 0.450 e. The van der Waals surface area contributed by atoms with Crippen LogP contribution in [-0.2, 0) is 6.18 Å². The molecular formula is C23H11BrClF3O4. The van der Waals surface area contributed by atoms with Crippen molar-refractivity contribution in [3.05, 3.63) is 97.8 Å². The predicted molar refractivity (Wildman–Crippen MR) is 117 cm³/mol. The van der Waals surface area contributed by atoms with Crippen LogP contribution in [0.15, 0.2) is 80.4 Å². The lowest BCUT2D eigenvalue weighted by atomic mass is 10.0. The number of halogens is 5. The van der Waals surface area contributed by atoms with Crippen molar-refractivity contribution in [2.24, 2.45) is 0 Å². The fourth-order valence-corrected chi connectivity index (χ4v) is 3.68. The van der Waals surface area contributed by atoms with Crippen LogP contribution in [0.2, 0.25) is 5.02 Å². The van der Waals surface area contributed by atoms with Crippen LogP contribution in [0.3, 0.4) is 0 Å². The van der Waals surface area contributed by atoms with Crippen LogP contribution in [0.5, 0.6) is 5.75 Å². The van der Waals surface area contributed by atoms with Gasteiger partial charge in [0.15, 0.2) is 0 Å². The standard InChI is InChI=1S/C23H11BrClF3O4/c24-17-4-2-1-3-15(17)22(30)31-14-9-10-16-18(11-14)32-21(23(26,27)28)19(20(16)29)12-5-7-13(25)8-6-12/h1-11H. The minimum Gasteiger partial charge on any atom is -0.450 e. The zero-order chi connectivity index (χ0) is 23.0. The first-order valence-corrected chi connectivity index (χ1v) is 10.2. The molecule has 4 rings (SSSR count). The third-order valence-corrected chi connectivity index (χ3v) is 5.50. The van der Waals surface area contributed by atoms with Crippen molar-refractivity contribution in [2.75, 3.05) is 0 Å². The first-order chi connectivity index (χ1) is 15.1. The molecule has 0 aliphatic rings. The predicted octanol–water partition coefficient (Wildman–Crippen LogP) is 7.11. The first-order valence-electron chi connectivity index (χ1n) is 9.06. The minimum atomic E-state index is -4.94. The Morgan fingerprint density at radius 1 is 1.00 bits per heavy atom. The largest absolute Gasteiger partial charge is 0.450 e. The molecule has 0 radical (unpaired) electrons. The number of alkyl halides is 3. The van der Waals surface area contributed by atoms with Gasteiger partial charge in [0.1, 0.15) is 11.3 Å². The fraction of sp³-hybridized carbons (Fsp3) is 0.0435. The van der Waals surface area contributed by atoms with Crippen molar-refractivity contribution < 1.29 is 27.1 Å². The van der Waals surface area contributed by atoms with E-state index in [0.717, 1.165) is 6.07 Å². The van der Waals surface area contributed by atoms with E-state index in [0.29, 0.717) is 9.50 Å². The summed E-state index contributed by atoms with van der Waals surface area (Å²) < 4.78 is 52.1. The quantitative estimate of drug-likeness (QED) is 0.212. The van der Waals surface area contributed by atoms with E-state index in [-0.39, 0.29) is 27.8 Å². The number of fused-ring (bicyclic) bond motifs is 1. The van der Waals surface area contributed by atoms with Crippen molar-refractivity contribution >= 4 is 44.5 Å². The molecule has 0 fully saturated rings. The molecular weight excluding hydrogens is 513 g/mol. The van der Waals surface area contributed by atoms with Crippen LogP contribution in [0.4, 0.5) is 13.2 Å². The minimum absolute atomic E-state index is 0.0156.